The molecule has 0 bridgehead atoms. The van der Waals surface area contributed by atoms with Crippen LogP contribution in [-0.4, -0.2) is 31.6 Å². The van der Waals surface area contributed by atoms with E-state index in [0.717, 1.165) is 16.9 Å². The van der Waals surface area contributed by atoms with Crippen LogP contribution in [0.25, 0.3) is 0 Å². The number of hydrogen-bond donors (Lipinski definition) is 2. The SMILES string of the molecule is CSC(C)CNS(=O)(=O)c1cc(C)c(CO)s1. The summed E-state index contributed by atoms with van der Waals surface area (Å²) in [5.74, 6) is 0. The van der Waals surface area contributed by atoms with Gasteiger partial charge < -0.3 is 5.11 Å². The fraction of sp³-hybridized carbons (Fsp3) is 0.600. The summed E-state index contributed by atoms with van der Waals surface area (Å²) in [6, 6.07) is 1.60. The molecule has 17 heavy (non-hydrogen) atoms. The van der Waals surface area contributed by atoms with E-state index in [-0.39, 0.29) is 16.1 Å². The zero-order valence-electron chi connectivity index (χ0n) is 10.1. The third kappa shape index (κ3) is 3.96. The predicted octanol–water partition coefficient (Wildman–Crippen LogP) is 1.58. The maximum Gasteiger partial charge on any atom is 0.250 e. The first-order valence-electron chi connectivity index (χ1n) is 5.13. The first-order chi connectivity index (χ1) is 7.90. The molecular weight excluding hydrogens is 278 g/mol. The highest BCUT2D eigenvalue weighted by Crippen LogP contribution is 2.25. The van der Waals surface area contributed by atoms with Crippen molar-refractivity contribution in [2.45, 2.75) is 29.9 Å². The van der Waals surface area contributed by atoms with Crippen LogP contribution in [0, 0.1) is 6.92 Å². The zero-order chi connectivity index (χ0) is 13.1. The molecule has 0 aliphatic carbocycles. The van der Waals surface area contributed by atoms with Crippen molar-refractivity contribution in [1.29, 1.82) is 0 Å². The van der Waals surface area contributed by atoms with Gasteiger partial charge in [0.25, 0.3) is 0 Å². The maximum atomic E-state index is 11.9. The van der Waals surface area contributed by atoms with Gasteiger partial charge >= 0.3 is 0 Å². The second kappa shape index (κ2) is 6.19. The van der Waals surface area contributed by atoms with Crippen LogP contribution in [0.5, 0.6) is 0 Å². The fourth-order valence-corrected chi connectivity index (χ4v) is 4.14. The Morgan fingerprint density at radius 2 is 2.24 bits per heavy atom. The van der Waals surface area contributed by atoms with E-state index in [1.165, 1.54) is 0 Å². The van der Waals surface area contributed by atoms with E-state index in [1.54, 1.807) is 24.8 Å². The molecule has 0 aliphatic rings. The molecule has 1 unspecified atom stereocenters. The van der Waals surface area contributed by atoms with Crippen LogP contribution in [0.15, 0.2) is 10.3 Å². The Balaban J connectivity index is 2.82. The van der Waals surface area contributed by atoms with E-state index >= 15 is 0 Å². The fourth-order valence-electron chi connectivity index (χ4n) is 1.16. The number of aryl methyl sites for hydroxylation is 1. The van der Waals surface area contributed by atoms with Gasteiger partial charge in [-0.3, -0.25) is 0 Å². The molecule has 1 aromatic heterocycles. The quantitative estimate of drug-likeness (QED) is 0.836. The minimum absolute atomic E-state index is 0.118. The number of hydrogen-bond acceptors (Lipinski definition) is 5. The van der Waals surface area contributed by atoms with Crippen molar-refractivity contribution in [3.05, 3.63) is 16.5 Å². The van der Waals surface area contributed by atoms with E-state index in [9.17, 15) is 8.42 Å². The van der Waals surface area contributed by atoms with Crippen LogP contribution in [0.4, 0.5) is 0 Å². The Kier molecular flexibility index (Phi) is 5.46. The lowest BCUT2D eigenvalue weighted by molar-refractivity contribution is 0.285. The van der Waals surface area contributed by atoms with Gasteiger partial charge in [0.1, 0.15) is 4.21 Å². The van der Waals surface area contributed by atoms with Gasteiger partial charge in [0.2, 0.25) is 10.0 Å². The van der Waals surface area contributed by atoms with E-state index in [1.807, 2.05) is 13.2 Å². The molecule has 4 nitrogen and oxygen atoms in total. The lowest BCUT2D eigenvalue weighted by Crippen LogP contribution is -2.28. The number of sulfonamides is 1. The highest BCUT2D eigenvalue weighted by atomic mass is 32.2. The Labute approximate surface area is 110 Å². The second-order valence-corrected chi connectivity index (χ2v) is 8.13. The van der Waals surface area contributed by atoms with Crippen LogP contribution >= 0.6 is 23.1 Å². The van der Waals surface area contributed by atoms with Crippen LogP contribution in [0.1, 0.15) is 17.4 Å². The van der Waals surface area contributed by atoms with Crippen LogP contribution < -0.4 is 4.72 Å². The van der Waals surface area contributed by atoms with Gasteiger partial charge in [-0.1, -0.05) is 6.92 Å². The standard InChI is InChI=1S/C10H17NO3S3/c1-7-4-10(16-9(7)6-12)17(13,14)11-5-8(2)15-3/h4,8,11-12H,5-6H2,1-3H3. The van der Waals surface area contributed by atoms with Gasteiger partial charge in [-0.2, -0.15) is 11.8 Å². The predicted molar refractivity (Wildman–Crippen MR) is 73.1 cm³/mol. The number of thioether (sulfide) groups is 1. The number of aliphatic hydroxyl groups is 1. The molecule has 2 N–H and O–H groups in total. The average molecular weight is 295 g/mol. The number of aliphatic hydroxyl groups excluding tert-OH is 1. The molecule has 1 aromatic rings. The third-order valence-corrected chi connectivity index (χ3v) is 6.46. The van der Waals surface area contributed by atoms with Crippen molar-refractivity contribution in [2.75, 3.05) is 12.8 Å². The summed E-state index contributed by atoms with van der Waals surface area (Å²) in [5, 5.41) is 9.28. The van der Waals surface area contributed by atoms with Crippen molar-refractivity contribution in [2.24, 2.45) is 0 Å². The van der Waals surface area contributed by atoms with Crippen LogP contribution in [0.2, 0.25) is 0 Å². The molecule has 0 fully saturated rings. The van der Waals surface area contributed by atoms with Crippen molar-refractivity contribution in [3.8, 4) is 0 Å². The summed E-state index contributed by atoms with van der Waals surface area (Å²) in [6.45, 7) is 4.06. The van der Waals surface area contributed by atoms with E-state index in [2.05, 4.69) is 4.72 Å². The molecule has 0 aromatic carbocycles. The van der Waals surface area contributed by atoms with Crippen LogP contribution in [-0.2, 0) is 16.6 Å². The largest absolute Gasteiger partial charge is 0.391 e. The van der Waals surface area contributed by atoms with Crippen molar-refractivity contribution in [3.63, 3.8) is 0 Å². The number of nitrogens with one attached hydrogen (secondary N) is 1. The third-order valence-electron chi connectivity index (χ3n) is 2.37. The molecule has 0 amide bonds. The van der Waals surface area contributed by atoms with Gasteiger partial charge in [0.15, 0.2) is 0 Å². The summed E-state index contributed by atoms with van der Waals surface area (Å²) < 4.78 is 26.7. The van der Waals surface area contributed by atoms with Gasteiger partial charge in [0, 0.05) is 16.7 Å². The summed E-state index contributed by atoms with van der Waals surface area (Å²) in [5.41, 5.74) is 0.816. The van der Waals surface area contributed by atoms with Gasteiger partial charge in [-0.15, -0.1) is 11.3 Å². The first-order valence-corrected chi connectivity index (χ1v) is 8.72. The lowest BCUT2D eigenvalue weighted by atomic mass is 10.3. The van der Waals surface area contributed by atoms with Crippen molar-refractivity contribution < 1.29 is 13.5 Å². The second-order valence-electron chi connectivity index (χ2n) is 3.73. The molecule has 0 radical (unpaired) electrons. The molecule has 1 atom stereocenters. The molecular formula is C10H17NO3S3. The Bertz CT molecular complexity index is 467. The minimum Gasteiger partial charge on any atom is -0.391 e. The normalized spacial score (nSPS) is 13.9. The average Bonchev–Trinajstić information content (AvgIpc) is 2.68. The van der Waals surface area contributed by atoms with Gasteiger partial charge in [-0.05, 0) is 24.8 Å². The maximum absolute atomic E-state index is 11.9. The summed E-state index contributed by atoms with van der Waals surface area (Å²) >= 11 is 2.73. The Morgan fingerprint density at radius 1 is 1.59 bits per heavy atom. The monoisotopic (exact) mass is 295 g/mol. The molecule has 98 valence electrons. The summed E-state index contributed by atoms with van der Waals surface area (Å²) in [7, 11) is -3.43. The minimum atomic E-state index is -3.43. The number of rotatable bonds is 6. The van der Waals surface area contributed by atoms with Gasteiger partial charge in [0.05, 0.1) is 6.61 Å². The molecule has 0 saturated heterocycles. The van der Waals surface area contributed by atoms with E-state index in [4.69, 9.17) is 5.11 Å². The van der Waals surface area contributed by atoms with Crippen molar-refractivity contribution >= 4 is 33.1 Å². The zero-order valence-corrected chi connectivity index (χ0v) is 12.5. The highest BCUT2D eigenvalue weighted by molar-refractivity contribution is 7.99. The lowest BCUT2D eigenvalue weighted by Gasteiger charge is -2.09. The summed E-state index contributed by atoms with van der Waals surface area (Å²) in [6.07, 6.45) is 1.94. The Morgan fingerprint density at radius 3 is 2.71 bits per heavy atom. The first kappa shape index (κ1) is 15.0. The molecule has 0 spiro atoms. The molecule has 1 rings (SSSR count). The van der Waals surface area contributed by atoms with E-state index in [0.29, 0.717) is 11.4 Å². The smallest absolute Gasteiger partial charge is 0.250 e. The molecule has 7 heteroatoms. The molecule has 0 saturated carbocycles. The van der Waals surface area contributed by atoms with E-state index < -0.39 is 10.0 Å². The number of thiophene rings is 1. The molecule has 1 heterocycles. The van der Waals surface area contributed by atoms with Crippen LogP contribution in [0.3, 0.4) is 0 Å². The summed E-state index contributed by atoms with van der Waals surface area (Å²) in [4.78, 5) is 0.697. The highest BCUT2D eigenvalue weighted by Gasteiger charge is 2.19. The molecule has 0 aliphatic heterocycles. The van der Waals surface area contributed by atoms with Gasteiger partial charge in [-0.25, -0.2) is 13.1 Å². The topological polar surface area (TPSA) is 66.4 Å². The Hall–Kier alpha value is -0.0800. The van der Waals surface area contributed by atoms with Crippen molar-refractivity contribution in [1.82, 2.24) is 4.72 Å².